The third kappa shape index (κ3) is 2.59. The summed E-state index contributed by atoms with van der Waals surface area (Å²) in [6.07, 6.45) is 4.20. The highest BCUT2D eigenvalue weighted by Crippen LogP contribution is 2.17. The van der Waals surface area contributed by atoms with E-state index in [2.05, 4.69) is 31.8 Å². The van der Waals surface area contributed by atoms with Crippen molar-refractivity contribution in [1.82, 2.24) is 15.3 Å². The van der Waals surface area contributed by atoms with Gasteiger partial charge >= 0.3 is 5.97 Å². The first-order valence-electron chi connectivity index (χ1n) is 6.14. The number of likely N-dealkylation sites (N-methyl/N-ethyl adjacent to an activating group) is 1. The maximum absolute atomic E-state index is 11.4. The lowest BCUT2D eigenvalue weighted by Crippen LogP contribution is -2.37. The Labute approximate surface area is 106 Å². The number of methoxy groups -OCH3 is 1. The van der Waals surface area contributed by atoms with Crippen LogP contribution in [-0.2, 0) is 4.74 Å². The molecule has 1 aromatic rings. The predicted octanol–water partition coefficient (Wildman–Crippen LogP) is 0.451. The van der Waals surface area contributed by atoms with Crippen LogP contribution in [0.3, 0.4) is 0 Å². The Kier molecular flexibility index (Phi) is 4.09. The quantitative estimate of drug-likeness (QED) is 0.783. The molecule has 0 saturated carbocycles. The molecule has 6 heteroatoms. The number of rotatable bonds is 4. The molecule has 18 heavy (non-hydrogen) atoms. The van der Waals surface area contributed by atoms with E-state index >= 15 is 0 Å². The van der Waals surface area contributed by atoms with Crippen molar-refractivity contribution >= 4 is 11.8 Å². The number of esters is 1. The van der Waals surface area contributed by atoms with Crippen LogP contribution < -0.4 is 10.2 Å². The van der Waals surface area contributed by atoms with Gasteiger partial charge in [0, 0.05) is 19.1 Å². The Balaban J connectivity index is 2.22. The molecule has 2 heterocycles. The average molecular weight is 250 g/mol. The Hall–Kier alpha value is -1.69. The first-order valence-corrected chi connectivity index (χ1v) is 6.14. The van der Waals surface area contributed by atoms with Crippen molar-refractivity contribution in [2.24, 2.45) is 0 Å². The summed E-state index contributed by atoms with van der Waals surface area (Å²) >= 11 is 0. The van der Waals surface area contributed by atoms with Crippen LogP contribution in [0, 0.1) is 0 Å². The molecule has 1 saturated heterocycles. The predicted molar refractivity (Wildman–Crippen MR) is 67.7 cm³/mol. The average Bonchev–Trinajstić information content (AvgIpc) is 2.93. The monoisotopic (exact) mass is 250 g/mol. The Bertz CT molecular complexity index is 418. The molecule has 0 aromatic carbocycles. The Morgan fingerprint density at radius 2 is 2.44 bits per heavy atom. The van der Waals surface area contributed by atoms with Crippen molar-refractivity contribution in [2.75, 3.05) is 31.6 Å². The number of anilines is 1. The van der Waals surface area contributed by atoms with Crippen molar-refractivity contribution in [3.05, 3.63) is 18.1 Å². The number of ether oxygens (including phenoxy) is 1. The summed E-state index contributed by atoms with van der Waals surface area (Å²) in [6.45, 7) is 4.87. The minimum Gasteiger partial charge on any atom is -0.464 e. The van der Waals surface area contributed by atoms with E-state index in [0.29, 0.717) is 6.04 Å². The van der Waals surface area contributed by atoms with Crippen molar-refractivity contribution in [2.45, 2.75) is 19.4 Å². The van der Waals surface area contributed by atoms with Crippen LogP contribution in [0.15, 0.2) is 12.4 Å². The second-order valence-corrected chi connectivity index (χ2v) is 4.19. The van der Waals surface area contributed by atoms with E-state index in [-0.39, 0.29) is 5.69 Å². The maximum atomic E-state index is 11.4. The molecule has 98 valence electrons. The largest absolute Gasteiger partial charge is 0.464 e. The van der Waals surface area contributed by atoms with Crippen LogP contribution in [-0.4, -0.2) is 48.7 Å². The molecule has 1 N–H and O–H groups in total. The summed E-state index contributed by atoms with van der Waals surface area (Å²) in [5.74, 6) is 0.277. The normalized spacial score (nSPS) is 18.7. The molecular formula is C12H18N4O2. The minimum atomic E-state index is -0.454. The SMILES string of the molecule is CCN(c1cncc(C(=O)OC)n1)C1CCNC1. The zero-order chi connectivity index (χ0) is 13.0. The van der Waals surface area contributed by atoms with Gasteiger partial charge in [0.05, 0.1) is 19.5 Å². The second kappa shape index (κ2) is 5.77. The third-order valence-corrected chi connectivity index (χ3v) is 3.13. The number of aromatic nitrogens is 2. The molecule has 0 bridgehead atoms. The fraction of sp³-hybridized carbons (Fsp3) is 0.583. The molecule has 0 aliphatic carbocycles. The molecule has 1 aromatic heterocycles. The van der Waals surface area contributed by atoms with Crippen LogP contribution in [0.1, 0.15) is 23.8 Å². The number of carbonyl (C=O) groups is 1. The highest BCUT2D eigenvalue weighted by Gasteiger charge is 2.23. The summed E-state index contributed by atoms with van der Waals surface area (Å²) < 4.78 is 4.66. The third-order valence-electron chi connectivity index (χ3n) is 3.13. The van der Waals surface area contributed by atoms with Gasteiger partial charge in [-0.2, -0.15) is 0 Å². The van der Waals surface area contributed by atoms with Crippen LogP contribution >= 0.6 is 0 Å². The molecular weight excluding hydrogens is 232 g/mol. The van der Waals surface area contributed by atoms with Crippen molar-refractivity contribution < 1.29 is 9.53 Å². The van der Waals surface area contributed by atoms with E-state index in [0.717, 1.165) is 31.9 Å². The highest BCUT2D eigenvalue weighted by atomic mass is 16.5. The number of carbonyl (C=O) groups excluding carboxylic acids is 1. The zero-order valence-electron chi connectivity index (χ0n) is 10.7. The summed E-state index contributed by atoms with van der Waals surface area (Å²) in [5, 5.41) is 3.32. The zero-order valence-corrected chi connectivity index (χ0v) is 10.7. The molecule has 1 fully saturated rings. The Morgan fingerprint density at radius 1 is 1.61 bits per heavy atom. The van der Waals surface area contributed by atoms with Gasteiger partial charge in [0.25, 0.3) is 0 Å². The lowest BCUT2D eigenvalue weighted by molar-refractivity contribution is 0.0593. The van der Waals surface area contributed by atoms with Crippen molar-refractivity contribution in [3.63, 3.8) is 0 Å². The van der Waals surface area contributed by atoms with Gasteiger partial charge in [0.1, 0.15) is 5.82 Å². The molecule has 1 aliphatic rings. The summed E-state index contributed by atoms with van der Waals surface area (Å²) in [4.78, 5) is 22.0. The molecule has 6 nitrogen and oxygen atoms in total. The van der Waals surface area contributed by atoms with Crippen LogP contribution in [0.4, 0.5) is 5.82 Å². The smallest absolute Gasteiger partial charge is 0.358 e. The fourth-order valence-corrected chi connectivity index (χ4v) is 2.21. The van der Waals surface area contributed by atoms with E-state index in [9.17, 15) is 4.79 Å². The van der Waals surface area contributed by atoms with Gasteiger partial charge in [0.2, 0.25) is 0 Å². The standard InChI is InChI=1S/C12H18N4O2/c1-3-16(9-4-5-13-6-9)11-8-14-7-10(15-11)12(17)18-2/h7-9,13H,3-6H2,1-2H3. The van der Waals surface area contributed by atoms with Crippen LogP contribution in [0.5, 0.6) is 0 Å². The van der Waals surface area contributed by atoms with Gasteiger partial charge in [-0.05, 0) is 19.9 Å². The molecule has 1 unspecified atom stereocenters. The first kappa shape index (κ1) is 12.8. The number of nitrogens with one attached hydrogen (secondary N) is 1. The second-order valence-electron chi connectivity index (χ2n) is 4.19. The summed E-state index contributed by atoms with van der Waals surface area (Å²) in [7, 11) is 1.34. The summed E-state index contributed by atoms with van der Waals surface area (Å²) in [6, 6.07) is 0.414. The molecule has 0 amide bonds. The Morgan fingerprint density at radius 3 is 3.06 bits per heavy atom. The maximum Gasteiger partial charge on any atom is 0.358 e. The van der Waals surface area contributed by atoms with E-state index in [1.165, 1.54) is 13.3 Å². The van der Waals surface area contributed by atoms with Gasteiger partial charge in [0.15, 0.2) is 5.69 Å². The van der Waals surface area contributed by atoms with Crippen molar-refractivity contribution in [1.29, 1.82) is 0 Å². The van der Waals surface area contributed by atoms with Crippen LogP contribution in [0.2, 0.25) is 0 Å². The molecule has 0 spiro atoms. The molecule has 1 atom stereocenters. The van der Waals surface area contributed by atoms with E-state index in [1.807, 2.05) is 0 Å². The van der Waals surface area contributed by atoms with E-state index in [1.54, 1.807) is 6.20 Å². The minimum absolute atomic E-state index is 0.249. The highest BCUT2D eigenvalue weighted by molar-refractivity contribution is 5.87. The van der Waals surface area contributed by atoms with Gasteiger partial charge in [-0.15, -0.1) is 0 Å². The number of nitrogens with zero attached hydrogens (tertiary/aromatic N) is 3. The van der Waals surface area contributed by atoms with Crippen LogP contribution in [0.25, 0.3) is 0 Å². The van der Waals surface area contributed by atoms with Gasteiger partial charge in [-0.1, -0.05) is 0 Å². The van der Waals surface area contributed by atoms with Gasteiger partial charge in [-0.3, -0.25) is 4.98 Å². The lowest BCUT2D eigenvalue weighted by Gasteiger charge is -2.28. The van der Waals surface area contributed by atoms with E-state index in [4.69, 9.17) is 0 Å². The topological polar surface area (TPSA) is 67.4 Å². The summed E-state index contributed by atoms with van der Waals surface area (Å²) in [5.41, 5.74) is 0.249. The molecule has 0 radical (unpaired) electrons. The number of hydrogen-bond acceptors (Lipinski definition) is 6. The van der Waals surface area contributed by atoms with Crippen molar-refractivity contribution in [3.8, 4) is 0 Å². The van der Waals surface area contributed by atoms with Gasteiger partial charge in [-0.25, -0.2) is 9.78 Å². The lowest BCUT2D eigenvalue weighted by atomic mass is 10.2. The molecule has 1 aliphatic heterocycles. The fourth-order valence-electron chi connectivity index (χ4n) is 2.21. The molecule has 2 rings (SSSR count). The van der Waals surface area contributed by atoms with E-state index < -0.39 is 5.97 Å². The number of hydrogen-bond donors (Lipinski definition) is 1. The first-order chi connectivity index (χ1) is 8.76. The van der Waals surface area contributed by atoms with Gasteiger partial charge < -0.3 is 15.0 Å².